The molecule has 1 saturated heterocycles. The Hall–Kier alpha value is -0.0400. The Morgan fingerprint density at radius 2 is 2.22 bits per heavy atom. The minimum Gasteiger partial charge on any atom is -0.303 e. The van der Waals surface area contributed by atoms with Gasteiger partial charge in [-0.25, -0.2) is 0 Å². The first-order valence-corrected chi connectivity index (χ1v) is 3.80. The van der Waals surface area contributed by atoms with Gasteiger partial charge in [0.2, 0.25) is 0 Å². The lowest BCUT2D eigenvalue weighted by Crippen LogP contribution is -2.59. The van der Waals surface area contributed by atoms with Crippen LogP contribution in [0, 0.1) is 5.41 Å². The number of hydrogen-bond donors (Lipinski definition) is 0. The van der Waals surface area contributed by atoms with Crippen LogP contribution in [0.4, 0.5) is 0 Å². The molecule has 1 aliphatic heterocycles. The maximum absolute atomic E-state index is 2.41. The predicted octanol–water partition coefficient (Wildman–Crippen LogP) is 1.74. The van der Waals surface area contributed by atoms with Gasteiger partial charge in [0.25, 0.3) is 0 Å². The topological polar surface area (TPSA) is 3.24 Å². The zero-order valence-corrected chi connectivity index (χ0v) is 6.94. The monoisotopic (exact) mass is 127 g/mol. The fraction of sp³-hybridized carbons (Fsp3) is 1.00. The van der Waals surface area contributed by atoms with Gasteiger partial charge >= 0.3 is 0 Å². The van der Waals surface area contributed by atoms with Gasteiger partial charge in [-0.15, -0.1) is 0 Å². The summed E-state index contributed by atoms with van der Waals surface area (Å²) in [4.78, 5) is 2.41. The molecule has 1 aliphatic rings. The fourth-order valence-corrected chi connectivity index (χ4v) is 1.67. The van der Waals surface area contributed by atoms with Crippen molar-refractivity contribution in [2.24, 2.45) is 5.41 Å². The Bertz CT molecular complexity index is 111. The SMILES string of the molecule is CCC1(C)CN(C)C1C. The molecule has 0 spiro atoms. The molecular weight excluding hydrogens is 110 g/mol. The molecule has 0 aliphatic carbocycles. The largest absolute Gasteiger partial charge is 0.303 e. The van der Waals surface area contributed by atoms with Crippen molar-refractivity contribution in [1.82, 2.24) is 4.90 Å². The molecule has 2 atom stereocenters. The van der Waals surface area contributed by atoms with E-state index < -0.39 is 0 Å². The average Bonchev–Trinajstić information content (AvgIpc) is 1.87. The molecular formula is C8H17N. The highest BCUT2D eigenvalue weighted by Crippen LogP contribution is 2.38. The minimum absolute atomic E-state index is 0.620. The Morgan fingerprint density at radius 1 is 1.67 bits per heavy atom. The Kier molecular flexibility index (Phi) is 1.55. The van der Waals surface area contributed by atoms with Crippen molar-refractivity contribution in [1.29, 1.82) is 0 Å². The summed E-state index contributed by atoms with van der Waals surface area (Å²) in [5, 5.41) is 0. The van der Waals surface area contributed by atoms with Crippen molar-refractivity contribution < 1.29 is 0 Å². The molecule has 0 amide bonds. The highest BCUT2D eigenvalue weighted by atomic mass is 15.2. The summed E-state index contributed by atoms with van der Waals surface area (Å²) in [5.74, 6) is 0. The number of hydrogen-bond acceptors (Lipinski definition) is 1. The van der Waals surface area contributed by atoms with Gasteiger partial charge in [-0.05, 0) is 25.8 Å². The number of likely N-dealkylation sites (tertiary alicyclic amines) is 1. The van der Waals surface area contributed by atoms with Crippen LogP contribution >= 0.6 is 0 Å². The van der Waals surface area contributed by atoms with Crippen LogP contribution in [0.2, 0.25) is 0 Å². The minimum atomic E-state index is 0.620. The van der Waals surface area contributed by atoms with Gasteiger partial charge in [-0.2, -0.15) is 0 Å². The molecule has 0 bridgehead atoms. The molecule has 0 aromatic heterocycles. The molecule has 54 valence electrons. The van der Waals surface area contributed by atoms with Crippen LogP contribution < -0.4 is 0 Å². The van der Waals surface area contributed by atoms with Crippen molar-refractivity contribution in [2.75, 3.05) is 13.6 Å². The molecule has 1 rings (SSSR count). The van der Waals surface area contributed by atoms with Crippen LogP contribution in [0.25, 0.3) is 0 Å². The third-order valence-electron chi connectivity index (χ3n) is 3.09. The molecule has 0 aromatic carbocycles. The lowest BCUT2D eigenvalue weighted by molar-refractivity contribution is -0.0338. The van der Waals surface area contributed by atoms with Crippen LogP contribution in [0.5, 0.6) is 0 Å². The Morgan fingerprint density at radius 3 is 2.33 bits per heavy atom. The van der Waals surface area contributed by atoms with Gasteiger partial charge in [-0.1, -0.05) is 13.8 Å². The van der Waals surface area contributed by atoms with Gasteiger partial charge in [-0.3, -0.25) is 0 Å². The van der Waals surface area contributed by atoms with Gasteiger partial charge in [0.1, 0.15) is 0 Å². The van der Waals surface area contributed by atoms with E-state index >= 15 is 0 Å². The van der Waals surface area contributed by atoms with E-state index in [1.165, 1.54) is 13.0 Å². The Balaban J connectivity index is 2.48. The third kappa shape index (κ3) is 0.877. The van der Waals surface area contributed by atoms with E-state index in [1.54, 1.807) is 0 Å². The lowest BCUT2D eigenvalue weighted by Gasteiger charge is -2.53. The van der Waals surface area contributed by atoms with E-state index in [0.29, 0.717) is 5.41 Å². The summed E-state index contributed by atoms with van der Waals surface area (Å²) in [6.07, 6.45) is 1.32. The molecule has 0 N–H and O–H groups in total. The van der Waals surface area contributed by atoms with Crippen molar-refractivity contribution in [2.45, 2.75) is 33.2 Å². The third-order valence-corrected chi connectivity index (χ3v) is 3.09. The molecule has 0 aromatic rings. The van der Waals surface area contributed by atoms with E-state index in [1.807, 2.05) is 0 Å². The number of rotatable bonds is 1. The highest BCUT2D eigenvalue weighted by Gasteiger charge is 2.42. The van der Waals surface area contributed by atoms with Gasteiger partial charge < -0.3 is 4.90 Å². The van der Waals surface area contributed by atoms with Crippen molar-refractivity contribution in [3.05, 3.63) is 0 Å². The highest BCUT2D eigenvalue weighted by molar-refractivity contribution is 4.96. The second-order valence-corrected chi connectivity index (χ2v) is 3.60. The van der Waals surface area contributed by atoms with Crippen LogP contribution in [0.1, 0.15) is 27.2 Å². The van der Waals surface area contributed by atoms with E-state index in [-0.39, 0.29) is 0 Å². The summed E-state index contributed by atoms with van der Waals surface area (Å²) >= 11 is 0. The first kappa shape index (κ1) is 7.07. The van der Waals surface area contributed by atoms with Crippen molar-refractivity contribution in [3.8, 4) is 0 Å². The van der Waals surface area contributed by atoms with E-state index in [2.05, 4.69) is 32.7 Å². The molecule has 1 heteroatoms. The van der Waals surface area contributed by atoms with E-state index in [0.717, 1.165) is 6.04 Å². The molecule has 1 heterocycles. The molecule has 0 saturated carbocycles. The fourth-order valence-electron chi connectivity index (χ4n) is 1.67. The maximum Gasteiger partial charge on any atom is 0.0130 e. The zero-order chi connectivity index (χ0) is 7.07. The molecule has 0 radical (unpaired) electrons. The first-order valence-electron chi connectivity index (χ1n) is 3.80. The summed E-state index contributed by atoms with van der Waals surface area (Å²) in [6.45, 7) is 8.25. The zero-order valence-electron chi connectivity index (χ0n) is 6.94. The first-order chi connectivity index (χ1) is 4.10. The summed E-state index contributed by atoms with van der Waals surface area (Å²) in [6, 6.07) is 0.794. The van der Waals surface area contributed by atoms with Gasteiger partial charge in [0, 0.05) is 12.6 Å². The smallest absolute Gasteiger partial charge is 0.0130 e. The quantitative estimate of drug-likeness (QED) is 0.518. The standard InChI is InChI=1S/C8H17N/c1-5-8(3)6-9(4)7(8)2/h7H,5-6H2,1-4H3. The number of nitrogens with zero attached hydrogens (tertiary/aromatic N) is 1. The van der Waals surface area contributed by atoms with Crippen LogP contribution in [0.15, 0.2) is 0 Å². The second-order valence-electron chi connectivity index (χ2n) is 3.60. The van der Waals surface area contributed by atoms with E-state index in [4.69, 9.17) is 0 Å². The molecule has 1 fully saturated rings. The van der Waals surface area contributed by atoms with Gasteiger partial charge in [0.15, 0.2) is 0 Å². The Labute approximate surface area is 58.0 Å². The second kappa shape index (κ2) is 1.98. The van der Waals surface area contributed by atoms with Crippen LogP contribution in [-0.2, 0) is 0 Å². The lowest BCUT2D eigenvalue weighted by atomic mass is 9.72. The van der Waals surface area contributed by atoms with Crippen molar-refractivity contribution >= 4 is 0 Å². The molecule has 1 nitrogen and oxygen atoms in total. The van der Waals surface area contributed by atoms with Crippen molar-refractivity contribution in [3.63, 3.8) is 0 Å². The van der Waals surface area contributed by atoms with Gasteiger partial charge in [0.05, 0.1) is 0 Å². The summed E-state index contributed by atoms with van der Waals surface area (Å²) < 4.78 is 0. The van der Waals surface area contributed by atoms with Crippen LogP contribution in [0.3, 0.4) is 0 Å². The average molecular weight is 127 g/mol. The molecule has 9 heavy (non-hydrogen) atoms. The normalized spacial score (nSPS) is 44.7. The summed E-state index contributed by atoms with van der Waals surface area (Å²) in [7, 11) is 2.20. The maximum atomic E-state index is 2.41. The predicted molar refractivity (Wildman–Crippen MR) is 40.5 cm³/mol. The summed E-state index contributed by atoms with van der Waals surface area (Å²) in [5.41, 5.74) is 0.620. The van der Waals surface area contributed by atoms with E-state index in [9.17, 15) is 0 Å². The van der Waals surface area contributed by atoms with Crippen LogP contribution in [-0.4, -0.2) is 24.5 Å². The molecule has 2 unspecified atom stereocenters.